The van der Waals surface area contributed by atoms with Crippen LogP contribution in [0.1, 0.15) is 0 Å². The first kappa shape index (κ1) is 17.0. The highest BCUT2D eigenvalue weighted by Crippen LogP contribution is 2.33. The Kier molecular flexibility index (Phi) is 4.00. The van der Waals surface area contributed by atoms with Gasteiger partial charge in [0.1, 0.15) is 5.75 Å². The van der Waals surface area contributed by atoms with Gasteiger partial charge in [0.05, 0.1) is 10.6 Å². The molecule has 4 rings (SSSR count). The van der Waals surface area contributed by atoms with Gasteiger partial charge >= 0.3 is 0 Å². The van der Waals surface area contributed by atoms with Crippen molar-refractivity contribution < 1.29 is 13.5 Å². The number of hydrogen-bond acceptors (Lipinski definition) is 7. The molecule has 0 aliphatic carbocycles. The lowest BCUT2D eigenvalue weighted by Gasteiger charge is -2.06. The van der Waals surface area contributed by atoms with E-state index < -0.39 is 9.84 Å². The van der Waals surface area contributed by atoms with Crippen LogP contribution in [0.25, 0.3) is 16.9 Å². The fourth-order valence-corrected chi connectivity index (χ4v) is 4.38. The molecule has 4 aromatic rings. The molecule has 0 aliphatic heterocycles. The number of phenolic OH excluding ortho intramolecular Hbond substituents is 1. The highest BCUT2D eigenvalue weighted by atomic mass is 32.2. The predicted molar refractivity (Wildman–Crippen MR) is 99.3 cm³/mol. The molecular weight excluding hydrogens is 366 g/mol. The van der Waals surface area contributed by atoms with E-state index in [1.807, 2.05) is 6.07 Å². The molecule has 0 radical (unpaired) electrons. The molecule has 27 heavy (non-hydrogen) atoms. The maximum atomic E-state index is 13.2. The number of pyridine rings is 1. The second-order valence-corrected chi connectivity index (χ2v) is 7.62. The average Bonchev–Trinajstić information content (AvgIpc) is 3.08. The zero-order valence-electron chi connectivity index (χ0n) is 14.2. The number of fused-ring (bicyclic) bond motifs is 1. The Morgan fingerprint density at radius 3 is 2.67 bits per heavy atom. The van der Waals surface area contributed by atoms with Gasteiger partial charge in [-0.25, -0.2) is 17.9 Å². The quantitative estimate of drug-likeness (QED) is 0.558. The molecule has 0 atom stereocenters. The zero-order valence-corrected chi connectivity index (χ0v) is 15.1. The molecular formula is C18H15N5O3S. The fraction of sp³-hybridized carbons (Fsp3) is 0.0556. The first-order chi connectivity index (χ1) is 13.0. The number of aromatic nitrogens is 4. The number of nitrogens with one attached hydrogen (secondary N) is 1. The molecule has 1 aromatic carbocycles. The third-order valence-corrected chi connectivity index (χ3v) is 5.85. The normalized spacial score (nSPS) is 11.6. The van der Waals surface area contributed by atoms with Gasteiger partial charge in [0, 0.05) is 31.2 Å². The number of nitrogens with zero attached hydrogens (tertiary/aromatic N) is 4. The summed E-state index contributed by atoms with van der Waals surface area (Å²) in [7, 11) is -2.38. The molecule has 0 saturated heterocycles. The maximum absolute atomic E-state index is 13.2. The molecule has 8 nitrogen and oxygen atoms in total. The molecule has 0 fully saturated rings. The van der Waals surface area contributed by atoms with Gasteiger partial charge in [0.15, 0.2) is 16.4 Å². The topological polar surface area (TPSA) is 109 Å². The van der Waals surface area contributed by atoms with Crippen molar-refractivity contribution >= 4 is 21.3 Å². The van der Waals surface area contributed by atoms with Gasteiger partial charge in [0.25, 0.3) is 0 Å². The molecule has 0 unspecified atom stereocenters. The summed E-state index contributed by atoms with van der Waals surface area (Å²) in [5.41, 5.74) is 1.61. The summed E-state index contributed by atoms with van der Waals surface area (Å²) >= 11 is 0. The van der Waals surface area contributed by atoms with Crippen molar-refractivity contribution in [2.45, 2.75) is 9.79 Å². The summed E-state index contributed by atoms with van der Waals surface area (Å²) in [5, 5.41) is 16.9. The summed E-state index contributed by atoms with van der Waals surface area (Å²) in [6, 6.07) is 10.9. The largest absolute Gasteiger partial charge is 0.508 e. The Morgan fingerprint density at radius 1 is 1.11 bits per heavy atom. The van der Waals surface area contributed by atoms with E-state index in [2.05, 4.69) is 20.4 Å². The van der Waals surface area contributed by atoms with Crippen molar-refractivity contribution in [3.8, 4) is 17.0 Å². The van der Waals surface area contributed by atoms with E-state index in [-0.39, 0.29) is 27.0 Å². The second kappa shape index (κ2) is 6.36. The summed E-state index contributed by atoms with van der Waals surface area (Å²) in [5.74, 6) is 0.0322. The van der Waals surface area contributed by atoms with Crippen LogP contribution in [0.3, 0.4) is 0 Å². The fourth-order valence-electron chi connectivity index (χ4n) is 2.84. The SMILES string of the molecule is CNc1nn2c(-c3cccnc3)ccnc2c1S(=O)(=O)c1cccc(O)c1. The van der Waals surface area contributed by atoms with Crippen LogP contribution in [0.4, 0.5) is 5.82 Å². The van der Waals surface area contributed by atoms with Crippen molar-refractivity contribution in [2.24, 2.45) is 0 Å². The number of hydrogen-bond donors (Lipinski definition) is 2. The van der Waals surface area contributed by atoms with E-state index >= 15 is 0 Å². The molecule has 2 N–H and O–H groups in total. The van der Waals surface area contributed by atoms with Gasteiger partial charge in [-0.3, -0.25) is 4.98 Å². The number of phenols is 1. The molecule has 136 valence electrons. The minimum absolute atomic E-state index is 0.0394. The highest BCUT2D eigenvalue weighted by molar-refractivity contribution is 7.91. The van der Waals surface area contributed by atoms with Crippen molar-refractivity contribution in [2.75, 3.05) is 12.4 Å². The van der Waals surface area contributed by atoms with Gasteiger partial charge in [-0.2, -0.15) is 0 Å². The Bertz CT molecular complexity index is 1240. The standard InChI is InChI=1S/C18H15N5O3S/c1-19-17-16(27(25,26)14-6-2-5-13(24)10-14)18-21-9-7-15(23(18)22-17)12-4-3-8-20-11-12/h2-11,24H,1H3,(H,19,22). The molecule has 0 aliphatic rings. The number of rotatable bonds is 4. The Labute approximate surface area is 155 Å². The summed E-state index contributed by atoms with van der Waals surface area (Å²) < 4.78 is 27.9. The van der Waals surface area contributed by atoms with Gasteiger partial charge in [0.2, 0.25) is 9.84 Å². The minimum Gasteiger partial charge on any atom is -0.508 e. The Hall–Kier alpha value is -3.46. The lowest BCUT2D eigenvalue weighted by Crippen LogP contribution is -2.05. The second-order valence-electron chi connectivity index (χ2n) is 5.74. The third-order valence-electron chi connectivity index (χ3n) is 4.07. The predicted octanol–water partition coefficient (Wildman–Crippen LogP) is 2.37. The first-order valence-electron chi connectivity index (χ1n) is 8.02. The summed E-state index contributed by atoms with van der Waals surface area (Å²) in [4.78, 5) is 8.25. The lowest BCUT2D eigenvalue weighted by molar-refractivity contribution is 0.473. The molecule has 3 heterocycles. The van der Waals surface area contributed by atoms with Gasteiger partial charge in [-0.05, 0) is 36.4 Å². The average molecular weight is 381 g/mol. The highest BCUT2D eigenvalue weighted by Gasteiger charge is 2.29. The lowest BCUT2D eigenvalue weighted by atomic mass is 10.2. The number of aromatic hydroxyl groups is 1. The third kappa shape index (κ3) is 2.77. The molecule has 0 saturated carbocycles. The van der Waals surface area contributed by atoms with Gasteiger partial charge in [-0.1, -0.05) is 6.07 Å². The number of anilines is 1. The van der Waals surface area contributed by atoms with Gasteiger partial charge < -0.3 is 10.4 Å². The smallest absolute Gasteiger partial charge is 0.214 e. The van der Waals surface area contributed by atoms with Crippen molar-refractivity contribution in [1.29, 1.82) is 0 Å². The van der Waals surface area contributed by atoms with Gasteiger partial charge in [-0.15, -0.1) is 5.10 Å². The van der Waals surface area contributed by atoms with Crippen molar-refractivity contribution in [3.05, 3.63) is 61.1 Å². The van der Waals surface area contributed by atoms with Crippen molar-refractivity contribution in [1.82, 2.24) is 19.6 Å². The molecule has 3 aromatic heterocycles. The van der Waals surface area contributed by atoms with Crippen molar-refractivity contribution in [3.63, 3.8) is 0 Å². The van der Waals surface area contributed by atoms with Crippen LogP contribution < -0.4 is 5.32 Å². The van der Waals surface area contributed by atoms with E-state index in [4.69, 9.17) is 0 Å². The van der Waals surface area contributed by atoms with E-state index in [0.29, 0.717) is 5.69 Å². The minimum atomic E-state index is -3.97. The van der Waals surface area contributed by atoms with Crippen LogP contribution in [0.5, 0.6) is 5.75 Å². The van der Waals surface area contributed by atoms with E-state index in [0.717, 1.165) is 5.56 Å². The van der Waals surface area contributed by atoms with Crippen LogP contribution in [0.2, 0.25) is 0 Å². The number of benzene rings is 1. The van der Waals surface area contributed by atoms with Crippen LogP contribution in [-0.4, -0.2) is 40.2 Å². The van der Waals surface area contributed by atoms with Crippen LogP contribution in [-0.2, 0) is 9.84 Å². The monoisotopic (exact) mass is 381 g/mol. The molecule has 0 spiro atoms. The van der Waals surface area contributed by atoms with Crippen LogP contribution >= 0.6 is 0 Å². The van der Waals surface area contributed by atoms with E-state index in [1.165, 1.54) is 35.0 Å². The maximum Gasteiger partial charge on any atom is 0.214 e. The van der Waals surface area contributed by atoms with E-state index in [1.54, 1.807) is 31.6 Å². The molecule has 0 bridgehead atoms. The Morgan fingerprint density at radius 2 is 1.96 bits per heavy atom. The Balaban J connectivity index is 2.02. The molecule has 9 heteroatoms. The first-order valence-corrected chi connectivity index (χ1v) is 9.50. The zero-order chi connectivity index (χ0) is 19.0. The number of sulfone groups is 1. The van der Waals surface area contributed by atoms with Crippen LogP contribution in [0, 0.1) is 0 Å². The van der Waals surface area contributed by atoms with Crippen LogP contribution in [0.15, 0.2) is 70.8 Å². The molecule has 0 amide bonds. The summed E-state index contributed by atoms with van der Waals surface area (Å²) in [6.07, 6.45) is 4.85. The van der Waals surface area contributed by atoms with E-state index in [9.17, 15) is 13.5 Å². The summed E-state index contributed by atoms with van der Waals surface area (Å²) in [6.45, 7) is 0.